The third kappa shape index (κ3) is 3.99. The number of rotatable bonds is 2. The van der Waals surface area contributed by atoms with Gasteiger partial charge in [-0.1, -0.05) is 32.4 Å². The van der Waals surface area contributed by atoms with E-state index in [4.69, 9.17) is 0 Å². The molecule has 0 radical (unpaired) electrons. The molecule has 3 rings (SSSR count). The van der Waals surface area contributed by atoms with E-state index in [2.05, 4.69) is 29.1 Å². The Morgan fingerprint density at radius 1 is 0.952 bits per heavy atom. The van der Waals surface area contributed by atoms with E-state index in [0.717, 1.165) is 16.6 Å². The smallest absolute Gasteiger partial charge is 0.141 e. The minimum atomic E-state index is -0.256. The van der Waals surface area contributed by atoms with Gasteiger partial charge in [0.05, 0.1) is 5.52 Å². The lowest BCUT2D eigenvalue weighted by Gasteiger charge is -2.07. The van der Waals surface area contributed by atoms with Crippen molar-refractivity contribution in [2.24, 2.45) is 0 Å². The Balaban J connectivity index is 0.000000497. The van der Waals surface area contributed by atoms with Gasteiger partial charge in [0.1, 0.15) is 18.0 Å². The summed E-state index contributed by atoms with van der Waals surface area (Å²) < 4.78 is 12.8. The van der Waals surface area contributed by atoms with Gasteiger partial charge in [-0.05, 0) is 36.4 Å². The SMILES string of the molecule is CCC.Fc1ccc(Nc2ncnc3ccccc23)cc1. The number of halogens is 1. The number of aromatic nitrogens is 2. The van der Waals surface area contributed by atoms with Gasteiger partial charge < -0.3 is 5.32 Å². The Bertz CT molecular complexity index is 690. The van der Waals surface area contributed by atoms with Gasteiger partial charge in [-0.15, -0.1) is 0 Å². The maximum Gasteiger partial charge on any atom is 0.141 e. The highest BCUT2D eigenvalue weighted by Gasteiger charge is 2.02. The zero-order chi connectivity index (χ0) is 15.1. The molecule has 0 fully saturated rings. The first-order valence-corrected chi connectivity index (χ1v) is 6.97. The van der Waals surface area contributed by atoms with E-state index in [1.807, 2.05) is 24.3 Å². The molecule has 3 aromatic rings. The highest BCUT2D eigenvalue weighted by atomic mass is 19.1. The quantitative estimate of drug-likeness (QED) is 0.724. The van der Waals surface area contributed by atoms with Crippen molar-refractivity contribution in [3.63, 3.8) is 0 Å². The average Bonchev–Trinajstić information content (AvgIpc) is 2.51. The summed E-state index contributed by atoms with van der Waals surface area (Å²) in [5, 5.41) is 4.09. The summed E-state index contributed by atoms with van der Waals surface area (Å²) >= 11 is 0. The molecule has 3 nitrogen and oxygen atoms in total. The molecule has 1 aromatic heterocycles. The predicted molar refractivity (Wildman–Crippen MR) is 85.2 cm³/mol. The number of nitrogens with one attached hydrogen (secondary N) is 1. The van der Waals surface area contributed by atoms with Gasteiger partial charge in [0.2, 0.25) is 0 Å². The van der Waals surface area contributed by atoms with Crippen LogP contribution in [0.4, 0.5) is 15.9 Å². The number of benzene rings is 2. The van der Waals surface area contributed by atoms with Gasteiger partial charge in [-0.2, -0.15) is 0 Å². The molecule has 1 N–H and O–H groups in total. The monoisotopic (exact) mass is 283 g/mol. The van der Waals surface area contributed by atoms with Crippen molar-refractivity contribution in [3.05, 3.63) is 60.7 Å². The van der Waals surface area contributed by atoms with Crippen LogP contribution in [0.1, 0.15) is 20.3 Å². The van der Waals surface area contributed by atoms with Crippen LogP contribution < -0.4 is 5.32 Å². The highest BCUT2D eigenvalue weighted by Crippen LogP contribution is 2.22. The molecule has 21 heavy (non-hydrogen) atoms. The highest BCUT2D eigenvalue weighted by molar-refractivity contribution is 5.90. The summed E-state index contributed by atoms with van der Waals surface area (Å²) in [5.74, 6) is 0.459. The summed E-state index contributed by atoms with van der Waals surface area (Å²) in [6.45, 7) is 4.25. The van der Waals surface area contributed by atoms with E-state index in [1.54, 1.807) is 12.1 Å². The fourth-order valence-electron chi connectivity index (χ4n) is 1.77. The van der Waals surface area contributed by atoms with Crippen LogP contribution in [0.5, 0.6) is 0 Å². The Labute approximate surface area is 123 Å². The number of para-hydroxylation sites is 1. The lowest BCUT2D eigenvalue weighted by atomic mass is 10.2. The molecule has 0 spiro atoms. The molecule has 0 saturated carbocycles. The predicted octanol–water partition coefficient (Wildman–Crippen LogP) is 4.93. The van der Waals surface area contributed by atoms with Gasteiger partial charge in [-0.25, -0.2) is 14.4 Å². The van der Waals surface area contributed by atoms with Crippen LogP contribution in [0, 0.1) is 5.82 Å². The molecule has 4 heteroatoms. The van der Waals surface area contributed by atoms with Crippen molar-refractivity contribution < 1.29 is 4.39 Å². The third-order valence-corrected chi connectivity index (χ3v) is 2.65. The number of nitrogens with zero attached hydrogens (tertiary/aromatic N) is 2. The molecular weight excluding hydrogens is 265 g/mol. The minimum Gasteiger partial charge on any atom is -0.340 e. The van der Waals surface area contributed by atoms with Gasteiger partial charge in [0.15, 0.2) is 0 Å². The number of hydrogen-bond donors (Lipinski definition) is 1. The van der Waals surface area contributed by atoms with E-state index >= 15 is 0 Å². The first-order valence-electron chi connectivity index (χ1n) is 6.97. The van der Waals surface area contributed by atoms with Gasteiger partial charge in [-0.3, -0.25) is 0 Å². The molecule has 108 valence electrons. The summed E-state index contributed by atoms with van der Waals surface area (Å²) in [6, 6.07) is 13.9. The molecule has 0 saturated heterocycles. The maximum absolute atomic E-state index is 12.8. The fraction of sp³-hybridized carbons (Fsp3) is 0.176. The molecular formula is C17H18FN3. The molecule has 0 unspecified atom stereocenters. The fourth-order valence-corrected chi connectivity index (χ4v) is 1.77. The van der Waals surface area contributed by atoms with Crippen molar-refractivity contribution in [1.29, 1.82) is 0 Å². The lowest BCUT2D eigenvalue weighted by Crippen LogP contribution is -1.95. The molecule has 0 amide bonds. The molecule has 0 atom stereocenters. The molecule has 0 aliphatic carbocycles. The molecule has 1 heterocycles. The van der Waals surface area contributed by atoms with E-state index in [-0.39, 0.29) is 5.82 Å². The number of fused-ring (bicyclic) bond motifs is 1. The van der Waals surface area contributed by atoms with Crippen molar-refractivity contribution in [2.45, 2.75) is 20.3 Å². The summed E-state index contributed by atoms with van der Waals surface area (Å²) in [7, 11) is 0. The standard InChI is InChI=1S/C14H10FN3.C3H8/c15-10-5-7-11(8-6-10)18-14-12-3-1-2-4-13(12)16-9-17-14;1-3-2/h1-9H,(H,16,17,18);3H2,1-2H3. The van der Waals surface area contributed by atoms with Crippen LogP contribution in [-0.2, 0) is 0 Å². The zero-order valence-electron chi connectivity index (χ0n) is 12.2. The van der Waals surface area contributed by atoms with E-state index in [1.165, 1.54) is 24.9 Å². The topological polar surface area (TPSA) is 37.8 Å². The lowest BCUT2D eigenvalue weighted by molar-refractivity contribution is 0.628. The van der Waals surface area contributed by atoms with Crippen molar-refractivity contribution in [1.82, 2.24) is 9.97 Å². The van der Waals surface area contributed by atoms with Crippen molar-refractivity contribution >= 4 is 22.4 Å². The van der Waals surface area contributed by atoms with Crippen LogP contribution in [-0.4, -0.2) is 9.97 Å². The minimum absolute atomic E-state index is 0.256. The van der Waals surface area contributed by atoms with Gasteiger partial charge in [0, 0.05) is 11.1 Å². The van der Waals surface area contributed by atoms with Crippen LogP contribution in [0.3, 0.4) is 0 Å². The van der Waals surface area contributed by atoms with Crippen LogP contribution in [0.25, 0.3) is 10.9 Å². The largest absolute Gasteiger partial charge is 0.340 e. The maximum atomic E-state index is 12.8. The van der Waals surface area contributed by atoms with Gasteiger partial charge in [0.25, 0.3) is 0 Å². The Morgan fingerprint density at radius 3 is 2.33 bits per heavy atom. The second-order valence-electron chi connectivity index (χ2n) is 4.58. The normalized spacial score (nSPS) is 9.86. The molecule has 0 bridgehead atoms. The summed E-state index contributed by atoms with van der Waals surface area (Å²) in [4.78, 5) is 8.40. The van der Waals surface area contributed by atoms with E-state index in [9.17, 15) is 4.39 Å². The Kier molecular flexibility index (Phi) is 5.21. The van der Waals surface area contributed by atoms with E-state index in [0.29, 0.717) is 5.82 Å². The first-order chi connectivity index (χ1) is 10.2. The zero-order valence-corrected chi connectivity index (χ0v) is 12.2. The average molecular weight is 283 g/mol. The Hall–Kier alpha value is -2.49. The van der Waals surface area contributed by atoms with Crippen LogP contribution in [0.2, 0.25) is 0 Å². The van der Waals surface area contributed by atoms with Crippen LogP contribution in [0.15, 0.2) is 54.9 Å². The van der Waals surface area contributed by atoms with Gasteiger partial charge >= 0.3 is 0 Å². The van der Waals surface area contributed by atoms with Crippen LogP contribution >= 0.6 is 0 Å². The summed E-state index contributed by atoms with van der Waals surface area (Å²) in [5.41, 5.74) is 1.66. The number of hydrogen-bond acceptors (Lipinski definition) is 3. The van der Waals surface area contributed by atoms with E-state index < -0.39 is 0 Å². The summed E-state index contributed by atoms with van der Waals surface area (Å²) in [6.07, 6.45) is 2.76. The first kappa shape index (κ1) is 14.9. The number of anilines is 2. The van der Waals surface area contributed by atoms with Crippen molar-refractivity contribution in [3.8, 4) is 0 Å². The third-order valence-electron chi connectivity index (χ3n) is 2.65. The molecule has 2 aromatic carbocycles. The Morgan fingerprint density at radius 2 is 1.62 bits per heavy atom. The van der Waals surface area contributed by atoms with Crippen molar-refractivity contribution in [2.75, 3.05) is 5.32 Å². The second kappa shape index (κ2) is 7.33. The molecule has 0 aliphatic heterocycles. The molecule has 0 aliphatic rings. The second-order valence-corrected chi connectivity index (χ2v) is 4.58.